The molecule has 0 aliphatic heterocycles. The van der Waals surface area contributed by atoms with Crippen LogP contribution in [0.2, 0.25) is 0 Å². The van der Waals surface area contributed by atoms with Gasteiger partial charge in [-0.05, 0) is 42.6 Å². The Labute approximate surface area is 153 Å². The third-order valence-corrected chi connectivity index (χ3v) is 5.23. The van der Waals surface area contributed by atoms with Crippen LogP contribution in [-0.4, -0.2) is 17.1 Å². The lowest BCUT2D eigenvalue weighted by Gasteiger charge is -2.03. The molecule has 2 heterocycles. The number of fused-ring (bicyclic) bond motifs is 1. The second-order valence-electron chi connectivity index (χ2n) is 5.04. The predicted octanol–water partition coefficient (Wildman–Crippen LogP) is 3.94. The summed E-state index contributed by atoms with van der Waals surface area (Å²) in [5, 5.41) is 1.96. The van der Waals surface area contributed by atoms with E-state index in [1.54, 1.807) is 17.4 Å². The molecule has 0 N–H and O–H groups in total. The minimum atomic E-state index is -0.309. The molecule has 1 amide bonds. The lowest BCUT2D eigenvalue weighted by Crippen LogP contribution is -2.15. The number of thiophene rings is 1. The number of aromatic nitrogens is 1. The third-order valence-electron chi connectivity index (χ3n) is 3.35. The van der Waals surface area contributed by atoms with E-state index in [2.05, 4.69) is 10.9 Å². The maximum Gasteiger partial charge on any atom is 0.272 e. The van der Waals surface area contributed by atoms with E-state index in [0.29, 0.717) is 18.0 Å². The molecule has 0 fully saturated rings. The Morgan fingerprint density at radius 1 is 1.44 bits per heavy atom. The molecular weight excluding hydrogens is 352 g/mol. The van der Waals surface area contributed by atoms with Crippen LogP contribution < -0.4 is 9.54 Å². The Hall–Kier alpha value is -2.62. The molecule has 0 saturated carbocycles. The van der Waals surface area contributed by atoms with Crippen molar-refractivity contribution in [3.63, 3.8) is 0 Å². The van der Waals surface area contributed by atoms with Gasteiger partial charge in [-0.2, -0.15) is 4.99 Å². The fourth-order valence-electron chi connectivity index (χ4n) is 2.31. The van der Waals surface area contributed by atoms with Crippen LogP contribution in [0.5, 0.6) is 5.75 Å². The van der Waals surface area contributed by atoms with Crippen molar-refractivity contribution < 1.29 is 9.53 Å². The van der Waals surface area contributed by atoms with Gasteiger partial charge in [0.2, 0.25) is 0 Å². The third kappa shape index (κ3) is 4.08. The SMILES string of the molecule is C#CCn1c(=NC(=O)/C=C/c2cccs2)sc2cc(OCC)ccc21. The molecule has 1 aromatic carbocycles. The maximum atomic E-state index is 12.2. The van der Waals surface area contributed by atoms with E-state index in [0.717, 1.165) is 20.8 Å². The van der Waals surface area contributed by atoms with Crippen LogP contribution in [0, 0.1) is 12.3 Å². The number of carbonyl (C=O) groups excluding carboxylic acids is 1. The van der Waals surface area contributed by atoms with E-state index in [-0.39, 0.29) is 5.91 Å². The van der Waals surface area contributed by atoms with Crippen LogP contribution >= 0.6 is 22.7 Å². The van der Waals surface area contributed by atoms with Crippen LogP contribution in [0.15, 0.2) is 46.8 Å². The second-order valence-corrected chi connectivity index (χ2v) is 7.02. The quantitative estimate of drug-likeness (QED) is 0.506. The van der Waals surface area contributed by atoms with Crippen LogP contribution in [0.25, 0.3) is 16.3 Å². The van der Waals surface area contributed by atoms with E-state index in [4.69, 9.17) is 11.2 Å². The monoisotopic (exact) mass is 368 g/mol. The molecule has 3 aromatic rings. The van der Waals surface area contributed by atoms with E-state index in [1.165, 1.54) is 17.4 Å². The van der Waals surface area contributed by atoms with Gasteiger partial charge in [0.25, 0.3) is 5.91 Å². The summed E-state index contributed by atoms with van der Waals surface area (Å²) in [4.78, 5) is 18.0. The van der Waals surface area contributed by atoms with E-state index >= 15 is 0 Å². The van der Waals surface area contributed by atoms with Crippen molar-refractivity contribution in [1.29, 1.82) is 0 Å². The van der Waals surface area contributed by atoms with Gasteiger partial charge in [-0.3, -0.25) is 4.79 Å². The second kappa shape index (κ2) is 7.97. The lowest BCUT2D eigenvalue weighted by molar-refractivity contribution is -0.113. The molecule has 0 unspecified atom stereocenters. The summed E-state index contributed by atoms with van der Waals surface area (Å²) in [6.07, 6.45) is 8.72. The molecule has 0 bridgehead atoms. The molecule has 0 radical (unpaired) electrons. The van der Waals surface area contributed by atoms with Crippen LogP contribution in [0.1, 0.15) is 11.8 Å². The van der Waals surface area contributed by atoms with Gasteiger partial charge in [-0.1, -0.05) is 23.3 Å². The molecule has 25 heavy (non-hydrogen) atoms. The summed E-state index contributed by atoms with van der Waals surface area (Å²) in [7, 11) is 0. The Morgan fingerprint density at radius 3 is 3.04 bits per heavy atom. The fraction of sp³-hybridized carbons (Fsp3) is 0.158. The summed E-state index contributed by atoms with van der Waals surface area (Å²) in [6.45, 7) is 2.90. The number of ether oxygens (including phenoxy) is 1. The first-order chi connectivity index (χ1) is 12.2. The fourth-order valence-corrected chi connectivity index (χ4v) is 3.99. The average Bonchev–Trinajstić information content (AvgIpc) is 3.22. The smallest absolute Gasteiger partial charge is 0.272 e. The van der Waals surface area contributed by atoms with Crippen LogP contribution in [0.3, 0.4) is 0 Å². The standard InChI is InChI=1S/C19H16N2O2S2/c1-3-11-21-16-9-7-14(23-4-2)13-17(16)25-19(21)20-18(22)10-8-15-6-5-12-24-15/h1,5-10,12-13H,4,11H2,2H3/b10-8+,20-19?. The summed E-state index contributed by atoms with van der Waals surface area (Å²) in [5.74, 6) is 3.10. The first-order valence-corrected chi connectivity index (χ1v) is 9.41. The molecule has 0 aliphatic rings. The Kier molecular flexibility index (Phi) is 5.49. The molecule has 3 rings (SSSR count). The molecule has 0 aliphatic carbocycles. The minimum Gasteiger partial charge on any atom is -0.494 e. The molecule has 0 saturated heterocycles. The molecule has 126 valence electrons. The topological polar surface area (TPSA) is 43.6 Å². The molecule has 2 aromatic heterocycles. The molecular formula is C19H16N2O2S2. The van der Waals surface area contributed by atoms with Gasteiger partial charge >= 0.3 is 0 Å². The van der Waals surface area contributed by atoms with Gasteiger partial charge < -0.3 is 9.30 Å². The summed E-state index contributed by atoms with van der Waals surface area (Å²) in [5.41, 5.74) is 0.945. The highest BCUT2D eigenvalue weighted by Gasteiger charge is 2.08. The highest BCUT2D eigenvalue weighted by molar-refractivity contribution is 7.16. The van der Waals surface area contributed by atoms with Crippen molar-refractivity contribution in [1.82, 2.24) is 4.57 Å². The highest BCUT2D eigenvalue weighted by atomic mass is 32.1. The van der Waals surface area contributed by atoms with Crippen molar-refractivity contribution in [2.24, 2.45) is 4.99 Å². The summed E-state index contributed by atoms with van der Waals surface area (Å²) >= 11 is 2.99. The van der Waals surface area contributed by atoms with Gasteiger partial charge in [0.15, 0.2) is 4.80 Å². The Balaban J connectivity index is 2.00. The van der Waals surface area contributed by atoms with E-state index < -0.39 is 0 Å². The molecule has 0 atom stereocenters. The van der Waals surface area contributed by atoms with Gasteiger partial charge in [0.05, 0.1) is 23.4 Å². The lowest BCUT2D eigenvalue weighted by atomic mass is 10.3. The van der Waals surface area contributed by atoms with Gasteiger partial charge in [-0.15, -0.1) is 17.8 Å². The Bertz CT molecular complexity index is 1020. The number of hydrogen-bond donors (Lipinski definition) is 0. The van der Waals surface area contributed by atoms with Crippen molar-refractivity contribution >= 4 is 44.9 Å². The predicted molar refractivity (Wildman–Crippen MR) is 104 cm³/mol. The van der Waals surface area contributed by atoms with Crippen molar-refractivity contribution in [3.05, 3.63) is 51.5 Å². The average molecular weight is 368 g/mol. The number of nitrogens with zero attached hydrogens (tertiary/aromatic N) is 2. The number of benzene rings is 1. The Morgan fingerprint density at radius 2 is 2.32 bits per heavy atom. The van der Waals surface area contributed by atoms with Crippen molar-refractivity contribution in [2.45, 2.75) is 13.5 Å². The van der Waals surface area contributed by atoms with Crippen LogP contribution in [-0.2, 0) is 11.3 Å². The number of hydrogen-bond acceptors (Lipinski definition) is 4. The maximum absolute atomic E-state index is 12.2. The zero-order valence-corrected chi connectivity index (χ0v) is 15.3. The zero-order valence-electron chi connectivity index (χ0n) is 13.6. The molecule has 0 spiro atoms. The minimum absolute atomic E-state index is 0.309. The first kappa shape index (κ1) is 17.2. The number of terminal acetylenes is 1. The number of amides is 1. The summed E-state index contributed by atoms with van der Waals surface area (Å²) in [6, 6.07) is 9.67. The van der Waals surface area contributed by atoms with Crippen molar-refractivity contribution in [2.75, 3.05) is 6.61 Å². The largest absolute Gasteiger partial charge is 0.494 e. The number of carbonyl (C=O) groups is 1. The summed E-state index contributed by atoms with van der Waals surface area (Å²) < 4.78 is 8.38. The van der Waals surface area contributed by atoms with Gasteiger partial charge in [0, 0.05) is 11.0 Å². The van der Waals surface area contributed by atoms with Crippen molar-refractivity contribution in [3.8, 4) is 18.1 Å². The van der Waals surface area contributed by atoms with Gasteiger partial charge in [0.1, 0.15) is 5.75 Å². The number of thiazole rings is 1. The highest BCUT2D eigenvalue weighted by Crippen LogP contribution is 2.23. The van der Waals surface area contributed by atoms with Gasteiger partial charge in [-0.25, -0.2) is 0 Å². The van der Waals surface area contributed by atoms with Crippen LogP contribution in [0.4, 0.5) is 0 Å². The van der Waals surface area contributed by atoms with E-state index in [1.807, 2.05) is 47.2 Å². The molecule has 6 heteroatoms. The number of rotatable bonds is 5. The zero-order chi connectivity index (χ0) is 17.6. The normalized spacial score (nSPS) is 11.9. The van der Waals surface area contributed by atoms with E-state index in [9.17, 15) is 4.79 Å². The molecule has 4 nitrogen and oxygen atoms in total. The first-order valence-electron chi connectivity index (χ1n) is 7.71.